The molecule has 27 heavy (non-hydrogen) atoms. The SMILES string of the molecule is CCN1C(=O)/C(=C/c2ccc(OC)cc2OC)N(c2ccc(C)cc2)C1=S. The van der Waals surface area contributed by atoms with Crippen molar-refractivity contribution in [2.24, 2.45) is 0 Å². The first-order valence-electron chi connectivity index (χ1n) is 8.66. The summed E-state index contributed by atoms with van der Waals surface area (Å²) < 4.78 is 10.7. The van der Waals surface area contributed by atoms with E-state index in [0.29, 0.717) is 28.9 Å². The predicted molar refractivity (Wildman–Crippen MR) is 111 cm³/mol. The molecule has 0 saturated carbocycles. The fourth-order valence-corrected chi connectivity index (χ4v) is 3.39. The topological polar surface area (TPSA) is 42.0 Å². The molecule has 5 nitrogen and oxygen atoms in total. The van der Waals surface area contributed by atoms with E-state index in [2.05, 4.69) is 0 Å². The highest BCUT2D eigenvalue weighted by Crippen LogP contribution is 2.33. The molecule has 1 amide bonds. The molecule has 2 aromatic rings. The highest BCUT2D eigenvalue weighted by Gasteiger charge is 2.38. The number of aryl methyl sites for hydroxylation is 1. The van der Waals surface area contributed by atoms with Gasteiger partial charge in [0.25, 0.3) is 5.91 Å². The Bertz CT molecular complexity index is 906. The maximum atomic E-state index is 13.0. The number of anilines is 1. The van der Waals surface area contributed by atoms with E-state index in [1.165, 1.54) is 0 Å². The Morgan fingerprint density at radius 1 is 1.07 bits per heavy atom. The number of methoxy groups -OCH3 is 2. The van der Waals surface area contributed by atoms with E-state index >= 15 is 0 Å². The van der Waals surface area contributed by atoms with Crippen molar-refractivity contribution in [2.45, 2.75) is 13.8 Å². The van der Waals surface area contributed by atoms with E-state index in [4.69, 9.17) is 21.7 Å². The summed E-state index contributed by atoms with van der Waals surface area (Å²) in [7, 11) is 3.19. The van der Waals surface area contributed by atoms with E-state index in [1.54, 1.807) is 25.2 Å². The van der Waals surface area contributed by atoms with Gasteiger partial charge in [-0.2, -0.15) is 0 Å². The molecule has 0 unspecified atom stereocenters. The van der Waals surface area contributed by atoms with Gasteiger partial charge >= 0.3 is 0 Å². The van der Waals surface area contributed by atoms with Crippen molar-refractivity contribution in [1.29, 1.82) is 0 Å². The summed E-state index contributed by atoms with van der Waals surface area (Å²) >= 11 is 5.59. The minimum Gasteiger partial charge on any atom is -0.497 e. The Labute approximate surface area is 164 Å². The molecule has 140 valence electrons. The molecular formula is C21H22N2O3S. The molecule has 1 saturated heterocycles. The second-order valence-electron chi connectivity index (χ2n) is 6.14. The van der Waals surface area contributed by atoms with Gasteiger partial charge in [0.2, 0.25) is 0 Å². The van der Waals surface area contributed by atoms with Gasteiger partial charge in [0, 0.05) is 23.9 Å². The zero-order valence-corrected chi connectivity index (χ0v) is 16.7. The normalized spacial score (nSPS) is 15.6. The van der Waals surface area contributed by atoms with Crippen molar-refractivity contribution in [3.63, 3.8) is 0 Å². The Morgan fingerprint density at radius 2 is 1.78 bits per heavy atom. The fraction of sp³-hybridized carbons (Fsp3) is 0.238. The van der Waals surface area contributed by atoms with Gasteiger partial charge < -0.3 is 9.47 Å². The number of carbonyl (C=O) groups is 1. The molecule has 0 radical (unpaired) electrons. The average molecular weight is 382 g/mol. The number of benzene rings is 2. The summed E-state index contributed by atoms with van der Waals surface area (Å²) in [5, 5.41) is 0.477. The molecule has 1 heterocycles. The Morgan fingerprint density at radius 3 is 2.37 bits per heavy atom. The lowest BCUT2D eigenvalue weighted by atomic mass is 10.1. The average Bonchev–Trinajstić information content (AvgIpc) is 2.92. The molecule has 0 N–H and O–H groups in total. The minimum absolute atomic E-state index is 0.124. The van der Waals surface area contributed by atoms with E-state index in [1.807, 2.05) is 61.2 Å². The lowest BCUT2D eigenvalue weighted by Crippen LogP contribution is -2.32. The lowest BCUT2D eigenvalue weighted by Gasteiger charge is -2.20. The largest absolute Gasteiger partial charge is 0.497 e. The summed E-state index contributed by atoms with van der Waals surface area (Å²) in [5.74, 6) is 1.19. The molecule has 0 aromatic heterocycles. The van der Waals surface area contributed by atoms with Crippen molar-refractivity contribution in [3.8, 4) is 11.5 Å². The Hall–Kier alpha value is -2.86. The molecule has 0 atom stereocenters. The molecular weight excluding hydrogens is 360 g/mol. The molecule has 1 aliphatic rings. The van der Waals surface area contributed by atoms with Crippen LogP contribution in [-0.4, -0.2) is 36.7 Å². The number of nitrogens with zero attached hydrogens (tertiary/aromatic N) is 2. The quantitative estimate of drug-likeness (QED) is 0.577. The van der Waals surface area contributed by atoms with Crippen LogP contribution in [0.5, 0.6) is 11.5 Å². The second-order valence-corrected chi connectivity index (χ2v) is 6.51. The third-order valence-corrected chi connectivity index (χ3v) is 4.87. The Kier molecular flexibility index (Phi) is 5.46. The van der Waals surface area contributed by atoms with E-state index in [0.717, 1.165) is 16.8 Å². The summed E-state index contributed by atoms with van der Waals surface area (Å²) in [6.45, 7) is 4.44. The molecule has 0 bridgehead atoms. The first-order chi connectivity index (χ1) is 13.0. The van der Waals surface area contributed by atoms with Crippen molar-refractivity contribution in [3.05, 3.63) is 59.3 Å². The van der Waals surface area contributed by atoms with Crippen molar-refractivity contribution in [1.82, 2.24) is 4.90 Å². The van der Waals surface area contributed by atoms with Crippen LogP contribution in [0.15, 0.2) is 48.2 Å². The fourth-order valence-electron chi connectivity index (χ4n) is 2.98. The van der Waals surface area contributed by atoms with Crippen LogP contribution in [0.1, 0.15) is 18.1 Å². The third-order valence-electron chi connectivity index (χ3n) is 4.47. The highest BCUT2D eigenvalue weighted by atomic mass is 32.1. The Balaban J connectivity index is 2.12. The summed E-state index contributed by atoms with van der Waals surface area (Å²) in [6.07, 6.45) is 1.81. The first-order valence-corrected chi connectivity index (χ1v) is 9.07. The number of hydrogen-bond donors (Lipinski definition) is 0. The number of amides is 1. The molecule has 2 aromatic carbocycles. The van der Waals surface area contributed by atoms with Gasteiger partial charge in [0.1, 0.15) is 17.2 Å². The number of hydrogen-bond acceptors (Lipinski definition) is 4. The number of ether oxygens (including phenoxy) is 2. The minimum atomic E-state index is -0.124. The summed E-state index contributed by atoms with van der Waals surface area (Å²) in [5.41, 5.74) is 3.27. The monoisotopic (exact) mass is 382 g/mol. The van der Waals surface area contributed by atoms with Gasteiger partial charge in [-0.05, 0) is 56.4 Å². The van der Waals surface area contributed by atoms with Gasteiger partial charge in [0.05, 0.1) is 14.2 Å². The van der Waals surface area contributed by atoms with Crippen LogP contribution in [-0.2, 0) is 4.79 Å². The zero-order valence-electron chi connectivity index (χ0n) is 15.9. The number of rotatable bonds is 5. The van der Waals surface area contributed by atoms with Crippen LogP contribution in [0.4, 0.5) is 5.69 Å². The summed E-state index contributed by atoms with van der Waals surface area (Å²) in [6, 6.07) is 13.4. The number of thiocarbonyl (C=S) groups is 1. The maximum Gasteiger partial charge on any atom is 0.277 e. The van der Waals surface area contributed by atoms with E-state index in [9.17, 15) is 4.79 Å². The van der Waals surface area contributed by atoms with Crippen LogP contribution >= 0.6 is 12.2 Å². The lowest BCUT2D eigenvalue weighted by molar-refractivity contribution is -0.122. The van der Waals surface area contributed by atoms with Gasteiger partial charge in [0.15, 0.2) is 5.11 Å². The standard InChI is InChI=1S/C21H22N2O3S/c1-5-22-20(24)18(12-15-8-11-17(25-3)13-19(15)26-4)23(21(22)27)16-9-6-14(2)7-10-16/h6-13H,5H2,1-4H3/b18-12-. The highest BCUT2D eigenvalue weighted by molar-refractivity contribution is 7.80. The molecule has 0 aliphatic carbocycles. The molecule has 6 heteroatoms. The van der Waals surface area contributed by atoms with Crippen molar-refractivity contribution < 1.29 is 14.3 Å². The molecule has 0 spiro atoms. The van der Waals surface area contributed by atoms with E-state index in [-0.39, 0.29) is 5.91 Å². The number of likely N-dealkylation sites (N-methyl/N-ethyl adjacent to an activating group) is 1. The third kappa shape index (κ3) is 3.53. The van der Waals surface area contributed by atoms with Crippen LogP contribution in [0.3, 0.4) is 0 Å². The van der Waals surface area contributed by atoms with Crippen molar-refractivity contribution in [2.75, 3.05) is 25.7 Å². The second kappa shape index (κ2) is 7.80. The van der Waals surface area contributed by atoms with Crippen molar-refractivity contribution >= 4 is 35.0 Å². The first kappa shape index (κ1) is 18.9. The van der Waals surface area contributed by atoms with Gasteiger partial charge in [-0.3, -0.25) is 14.6 Å². The number of carbonyl (C=O) groups excluding carboxylic acids is 1. The van der Waals surface area contributed by atoms with Gasteiger partial charge in [-0.1, -0.05) is 17.7 Å². The van der Waals surface area contributed by atoms with Gasteiger partial charge in [-0.25, -0.2) is 0 Å². The van der Waals surface area contributed by atoms with Gasteiger partial charge in [-0.15, -0.1) is 0 Å². The molecule has 3 rings (SSSR count). The molecule has 1 fully saturated rings. The summed E-state index contributed by atoms with van der Waals surface area (Å²) in [4.78, 5) is 16.4. The van der Waals surface area contributed by atoms with Crippen LogP contribution in [0.2, 0.25) is 0 Å². The van der Waals surface area contributed by atoms with Crippen LogP contribution in [0, 0.1) is 6.92 Å². The smallest absolute Gasteiger partial charge is 0.277 e. The predicted octanol–water partition coefficient (Wildman–Crippen LogP) is 4.01. The zero-order chi connectivity index (χ0) is 19.6. The van der Waals surface area contributed by atoms with E-state index < -0.39 is 0 Å². The maximum absolute atomic E-state index is 13.0. The van der Waals surface area contributed by atoms with Crippen LogP contribution in [0.25, 0.3) is 6.08 Å². The van der Waals surface area contributed by atoms with Crippen LogP contribution < -0.4 is 14.4 Å². The molecule has 1 aliphatic heterocycles.